The lowest BCUT2D eigenvalue weighted by Gasteiger charge is -2.19. The standard InChI is InChI=1S/C25H23F3N4O/c1-24(2,3)15-7-9-16(10-8-15)30-20-14-21(33-4)32-23-17(20)11-12-19(31-23)22-18(25(26,27)28)6-5-13-29-22/h5-14H,1-4H3,(H,30,31,32). The van der Waals surface area contributed by atoms with Crippen LogP contribution in [-0.2, 0) is 11.6 Å². The molecule has 0 unspecified atom stereocenters. The summed E-state index contributed by atoms with van der Waals surface area (Å²) in [6.45, 7) is 6.43. The topological polar surface area (TPSA) is 59.9 Å². The Kier molecular flexibility index (Phi) is 5.69. The molecule has 5 nitrogen and oxygen atoms in total. The van der Waals surface area contributed by atoms with Gasteiger partial charge in [-0.2, -0.15) is 18.2 Å². The molecule has 0 saturated carbocycles. The van der Waals surface area contributed by atoms with Gasteiger partial charge in [0.15, 0.2) is 5.65 Å². The van der Waals surface area contributed by atoms with Gasteiger partial charge in [-0.25, -0.2) is 4.98 Å². The van der Waals surface area contributed by atoms with Crippen molar-refractivity contribution in [1.82, 2.24) is 15.0 Å². The van der Waals surface area contributed by atoms with Crippen LogP contribution in [0.25, 0.3) is 22.4 Å². The van der Waals surface area contributed by atoms with Crippen LogP contribution in [0.3, 0.4) is 0 Å². The van der Waals surface area contributed by atoms with Crippen LogP contribution in [0.5, 0.6) is 5.88 Å². The molecular formula is C25H23F3N4O. The summed E-state index contributed by atoms with van der Waals surface area (Å²) >= 11 is 0. The molecule has 0 radical (unpaired) electrons. The van der Waals surface area contributed by atoms with Crippen molar-refractivity contribution in [2.45, 2.75) is 32.4 Å². The number of fused-ring (bicyclic) bond motifs is 1. The number of ether oxygens (including phenoxy) is 1. The molecule has 0 amide bonds. The van der Waals surface area contributed by atoms with Gasteiger partial charge in [-0.05, 0) is 47.4 Å². The van der Waals surface area contributed by atoms with Crippen molar-refractivity contribution in [3.8, 4) is 17.3 Å². The Morgan fingerprint density at radius 1 is 0.909 bits per heavy atom. The fourth-order valence-electron chi connectivity index (χ4n) is 3.47. The minimum atomic E-state index is -4.55. The molecule has 33 heavy (non-hydrogen) atoms. The lowest BCUT2D eigenvalue weighted by Crippen LogP contribution is -2.10. The molecule has 1 aromatic carbocycles. The molecule has 3 heterocycles. The Bertz CT molecular complexity index is 1300. The van der Waals surface area contributed by atoms with E-state index in [9.17, 15) is 13.2 Å². The van der Waals surface area contributed by atoms with Crippen LogP contribution in [0.4, 0.5) is 24.5 Å². The van der Waals surface area contributed by atoms with Crippen LogP contribution >= 0.6 is 0 Å². The molecule has 4 aromatic rings. The van der Waals surface area contributed by atoms with Crippen LogP contribution in [-0.4, -0.2) is 22.1 Å². The summed E-state index contributed by atoms with van der Waals surface area (Å²) < 4.78 is 45.7. The maximum Gasteiger partial charge on any atom is 0.418 e. The largest absolute Gasteiger partial charge is 0.481 e. The number of aromatic nitrogens is 3. The molecule has 4 rings (SSSR count). The van der Waals surface area contributed by atoms with E-state index in [2.05, 4.69) is 53.2 Å². The van der Waals surface area contributed by atoms with E-state index in [-0.39, 0.29) is 28.3 Å². The van der Waals surface area contributed by atoms with Gasteiger partial charge >= 0.3 is 6.18 Å². The van der Waals surface area contributed by atoms with E-state index in [4.69, 9.17) is 4.74 Å². The van der Waals surface area contributed by atoms with Crippen molar-refractivity contribution < 1.29 is 17.9 Å². The van der Waals surface area contributed by atoms with Crippen molar-refractivity contribution in [2.75, 3.05) is 12.4 Å². The lowest BCUT2D eigenvalue weighted by molar-refractivity contribution is -0.137. The molecule has 170 valence electrons. The van der Waals surface area contributed by atoms with E-state index in [1.54, 1.807) is 12.1 Å². The summed E-state index contributed by atoms with van der Waals surface area (Å²) in [6.07, 6.45) is -3.24. The first-order valence-corrected chi connectivity index (χ1v) is 10.3. The van der Waals surface area contributed by atoms with Crippen molar-refractivity contribution in [3.63, 3.8) is 0 Å². The highest BCUT2D eigenvalue weighted by atomic mass is 19.4. The van der Waals surface area contributed by atoms with Crippen LogP contribution in [0, 0.1) is 0 Å². The summed E-state index contributed by atoms with van der Waals surface area (Å²) in [5, 5.41) is 3.98. The quantitative estimate of drug-likeness (QED) is 0.371. The first-order valence-electron chi connectivity index (χ1n) is 10.3. The van der Waals surface area contributed by atoms with Gasteiger partial charge < -0.3 is 10.1 Å². The summed E-state index contributed by atoms with van der Waals surface area (Å²) in [5.41, 5.74) is 2.00. The van der Waals surface area contributed by atoms with Crippen molar-refractivity contribution in [2.24, 2.45) is 0 Å². The average Bonchev–Trinajstić information content (AvgIpc) is 2.77. The van der Waals surface area contributed by atoms with Crippen LogP contribution in [0.15, 0.2) is 60.8 Å². The Morgan fingerprint density at radius 2 is 1.64 bits per heavy atom. The van der Waals surface area contributed by atoms with Gasteiger partial charge in [-0.3, -0.25) is 4.98 Å². The molecule has 1 N–H and O–H groups in total. The number of pyridine rings is 3. The predicted molar refractivity (Wildman–Crippen MR) is 123 cm³/mol. The Balaban J connectivity index is 1.77. The lowest BCUT2D eigenvalue weighted by atomic mass is 9.87. The first kappa shape index (κ1) is 22.5. The average molecular weight is 452 g/mol. The van der Waals surface area contributed by atoms with Gasteiger partial charge in [0.05, 0.1) is 24.1 Å². The van der Waals surface area contributed by atoms with Crippen LogP contribution in [0.1, 0.15) is 31.9 Å². The molecule has 0 aliphatic carbocycles. The van der Waals surface area contributed by atoms with Crippen molar-refractivity contribution >= 4 is 22.4 Å². The number of alkyl halides is 3. The van der Waals surface area contributed by atoms with E-state index in [1.165, 1.54) is 31.0 Å². The molecule has 0 fully saturated rings. The normalized spacial score (nSPS) is 12.1. The third-order valence-corrected chi connectivity index (χ3v) is 5.24. The van der Waals surface area contributed by atoms with Gasteiger partial charge in [0.1, 0.15) is 5.69 Å². The van der Waals surface area contributed by atoms with E-state index in [1.807, 2.05) is 12.1 Å². The smallest absolute Gasteiger partial charge is 0.418 e. The van der Waals surface area contributed by atoms with Gasteiger partial charge in [-0.1, -0.05) is 32.9 Å². The van der Waals surface area contributed by atoms with E-state index in [0.29, 0.717) is 11.1 Å². The number of hydrogen-bond acceptors (Lipinski definition) is 5. The number of rotatable bonds is 4. The number of hydrogen-bond donors (Lipinski definition) is 1. The third-order valence-electron chi connectivity index (χ3n) is 5.24. The minimum Gasteiger partial charge on any atom is -0.481 e. The Hall–Kier alpha value is -3.68. The molecule has 3 aromatic heterocycles. The van der Waals surface area contributed by atoms with Crippen molar-refractivity contribution in [1.29, 1.82) is 0 Å². The second-order valence-electron chi connectivity index (χ2n) is 8.63. The van der Waals surface area contributed by atoms with E-state index < -0.39 is 11.7 Å². The summed E-state index contributed by atoms with van der Waals surface area (Å²) in [4.78, 5) is 12.6. The van der Waals surface area contributed by atoms with Gasteiger partial charge in [0, 0.05) is 23.3 Å². The predicted octanol–water partition coefficient (Wildman–Crippen LogP) is 6.76. The Labute approximate surface area is 189 Å². The van der Waals surface area contributed by atoms with Gasteiger partial charge in [0.25, 0.3) is 0 Å². The number of nitrogens with zero attached hydrogens (tertiary/aromatic N) is 3. The first-order chi connectivity index (χ1) is 15.6. The third kappa shape index (κ3) is 4.74. The molecule has 0 spiro atoms. The fourth-order valence-corrected chi connectivity index (χ4v) is 3.47. The molecule has 0 atom stereocenters. The molecule has 0 bridgehead atoms. The molecule has 8 heteroatoms. The SMILES string of the molecule is COc1cc(Nc2ccc(C(C)(C)C)cc2)c2ccc(-c3ncccc3C(F)(F)F)nc2n1. The van der Waals surface area contributed by atoms with E-state index in [0.717, 1.165) is 11.8 Å². The molecule has 0 aliphatic heterocycles. The highest BCUT2D eigenvalue weighted by Gasteiger charge is 2.34. The minimum absolute atomic E-state index is 0.0339. The maximum atomic E-state index is 13.5. The molecule has 0 saturated heterocycles. The van der Waals surface area contributed by atoms with Crippen LogP contribution < -0.4 is 10.1 Å². The highest BCUT2D eigenvalue weighted by Crippen LogP contribution is 2.36. The summed E-state index contributed by atoms with van der Waals surface area (Å²) in [6, 6.07) is 15.2. The van der Waals surface area contributed by atoms with Crippen molar-refractivity contribution in [3.05, 3.63) is 71.9 Å². The molecular weight excluding hydrogens is 429 g/mol. The van der Waals surface area contributed by atoms with E-state index >= 15 is 0 Å². The summed E-state index contributed by atoms with van der Waals surface area (Å²) in [7, 11) is 1.47. The zero-order chi connectivity index (χ0) is 23.8. The second-order valence-corrected chi connectivity index (χ2v) is 8.63. The Morgan fingerprint density at radius 3 is 2.27 bits per heavy atom. The monoisotopic (exact) mass is 452 g/mol. The number of nitrogens with one attached hydrogen (secondary N) is 1. The number of halogens is 3. The summed E-state index contributed by atoms with van der Waals surface area (Å²) in [5.74, 6) is 0.290. The highest BCUT2D eigenvalue weighted by molar-refractivity contribution is 5.92. The number of methoxy groups -OCH3 is 1. The zero-order valence-electron chi connectivity index (χ0n) is 18.7. The maximum absolute atomic E-state index is 13.5. The van der Waals surface area contributed by atoms with Gasteiger partial charge in [0.2, 0.25) is 5.88 Å². The zero-order valence-corrected chi connectivity index (χ0v) is 18.7. The number of benzene rings is 1. The van der Waals surface area contributed by atoms with Crippen LogP contribution in [0.2, 0.25) is 0 Å². The second kappa shape index (κ2) is 8.35. The number of anilines is 2. The molecule has 0 aliphatic rings. The fraction of sp³-hybridized carbons (Fsp3) is 0.240. The van der Waals surface area contributed by atoms with Gasteiger partial charge in [-0.15, -0.1) is 0 Å².